The third kappa shape index (κ3) is 4.48. The van der Waals surface area contributed by atoms with E-state index < -0.39 is 14.9 Å². The summed E-state index contributed by atoms with van der Waals surface area (Å²) in [6.45, 7) is 1.61. The van der Waals surface area contributed by atoms with Gasteiger partial charge in [-0.2, -0.15) is 4.31 Å². The highest BCUT2D eigenvalue weighted by Crippen LogP contribution is 2.44. The van der Waals surface area contributed by atoms with Crippen LogP contribution in [0.1, 0.15) is 24.4 Å². The standard InChI is InChI=1S/C22H27N3O7S/c1-30-17-6-7-18(21(15-17)31-2)19-4-3-9-24(19)20-8-5-16(25(26)27)14-22(20)33(28,29)23-10-12-32-13-11-23/h5-8,14-15,19H,3-4,9-13H2,1-2H3. The van der Waals surface area contributed by atoms with Crippen LogP contribution in [0.3, 0.4) is 0 Å². The van der Waals surface area contributed by atoms with Gasteiger partial charge in [0.2, 0.25) is 10.0 Å². The molecule has 2 aliphatic rings. The molecule has 0 bridgehead atoms. The van der Waals surface area contributed by atoms with Crippen molar-refractivity contribution < 1.29 is 27.6 Å². The number of anilines is 1. The third-order valence-electron chi connectivity index (χ3n) is 6.10. The summed E-state index contributed by atoms with van der Waals surface area (Å²) in [5.74, 6) is 1.30. The number of nitro groups is 1. The van der Waals surface area contributed by atoms with E-state index >= 15 is 0 Å². The second kappa shape index (κ2) is 9.54. The van der Waals surface area contributed by atoms with Crippen molar-refractivity contribution in [3.63, 3.8) is 0 Å². The lowest BCUT2D eigenvalue weighted by atomic mass is 10.0. The number of methoxy groups -OCH3 is 2. The molecule has 0 radical (unpaired) electrons. The molecule has 2 aromatic rings. The maximum atomic E-state index is 13.6. The second-order valence-electron chi connectivity index (χ2n) is 7.88. The zero-order chi connectivity index (χ0) is 23.6. The van der Waals surface area contributed by atoms with Crippen molar-refractivity contribution in [2.45, 2.75) is 23.8 Å². The molecule has 0 aliphatic carbocycles. The zero-order valence-electron chi connectivity index (χ0n) is 18.6. The van der Waals surface area contributed by atoms with Crippen LogP contribution >= 0.6 is 0 Å². The molecule has 4 rings (SSSR count). The Morgan fingerprint density at radius 3 is 2.48 bits per heavy atom. The molecule has 1 atom stereocenters. The number of hydrogen-bond acceptors (Lipinski definition) is 8. The number of non-ortho nitro benzene ring substituents is 1. The Kier molecular flexibility index (Phi) is 6.73. The van der Waals surface area contributed by atoms with Gasteiger partial charge in [-0.25, -0.2) is 8.42 Å². The summed E-state index contributed by atoms with van der Waals surface area (Å²) in [6.07, 6.45) is 1.63. The lowest BCUT2D eigenvalue weighted by molar-refractivity contribution is -0.385. The van der Waals surface area contributed by atoms with Crippen molar-refractivity contribution in [2.24, 2.45) is 0 Å². The summed E-state index contributed by atoms with van der Waals surface area (Å²) in [5.41, 5.74) is 1.10. The van der Waals surface area contributed by atoms with Gasteiger partial charge in [-0.1, -0.05) is 0 Å². The molecule has 0 amide bonds. The molecule has 2 aliphatic heterocycles. The second-order valence-corrected chi connectivity index (χ2v) is 9.79. The van der Waals surface area contributed by atoms with E-state index in [1.807, 2.05) is 17.0 Å². The van der Waals surface area contributed by atoms with E-state index in [1.165, 1.54) is 16.4 Å². The van der Waals surface area contributed by atoms with Crippen LogP contribution in [-0.4, -0.2) is 64.7 Å². The van der Waals surface area contributed by atoms with E-state index in [1.54, 1.807) is 26.4 Å². The Labute approximate surface area is 192 Å². The molecule has 1 unspecified atom stereocenters. The van der Waals surface area contributed by atoms with Crippen molar-refractivity contribution in [2.75, 3.05) is 52.0 Å². The van der Waals surface area contributed by atoms with Crippen molar-refractivity contribution in [3.8, 4) is 11.5 Å². The molecular weight excluding hydrogens is 450 g/mol. The first-order chi connectivity index (χ1) is 15.9. The van der Waals surface area contributed by atoms with Gasteiger partial charge in [-0.05, 0) is 31.0 Å². The minimum absolute atomic E-state index is 0.0574. The first-order valence-corrected chi connectivity index (χ1v) is 12.2. The Morgan fingerprint density at radius 2 is 1.82 bits per heavy atom. The van der Waals surface area contributed by atoms with Crippen LogP contribution < -0.4 is 14.4 Å². The van der Waals surface area contributed by atoms with E-state index in [9.17, 15) is 18.5 Å². The molecule has 0 saturated carbocycles. The average molecular weight is 478 g/mol. The fraction of sp³-hybridized carbons (Fsp3) is 0.455. The van der Waals surface area contributed by atoms with Gasteiger partial charge in [0.1, 0.15) is 16.4 Å². The maximum Gasteiger partial charge on any atom is 0.270 e. The van der Waals surface area contributed by atoms with Gasteiger partial charge in [-0.3, -0.25) is 10.1 Å². The molecule has 178 valence electrons. The quantitative estimate of drug-likeness (QED) is 0.442. The number of hydrogen-bond donors (Lipinski definition) is 0. The summed E-state index contributed by atoms with van der Waals surface area (Å²) < 4.78 is 44.7. The van der Waals surface area contributed by atoms with Crippen LogP contribution in [-0.2, 0) is 14.8 Å². The van der Waals surface area contributed by atoms with Crippen molar-refractivity contribution in [3.05, 3.63) is 52.1 Å². The van der Waals surface area contributed by atoms with Gasteiger partial charge in [0, 0.05) is 43.4 Å². The highest BCUT2D eigenvalue weighted by Gasteiger charge is 2.36. The Hall–Kier alpha value is -2.89. The lowest BCUT2D eigenvalue weighted by Gasteiger charge is -2.32. The van der Waals surface area contributed by atoms with E-state index in [0.29, 0.717) is 36.9 Å². The average Bonchev–Trinajstić information content (AvgIpc) is 3.33. The van der Waals surface area contributed by atoms with E-state index in [2.05, 4.69) is 0 Å². The van der Waals surface area contributed by atoms with Gasteiger partial charge in [0.25, 0.3) is 5.69 Å². The summed E-state index contributed by atoms with van der Waals surface area (Å²) >= 11 is 0. The molecule has 33 heavy (non-hydrogen) atoms. The molecule has 11 heteroatoms. The van der Waals surface area contributed by atoms with Crippen LogP contribution in [0.25, 0.3) is 0 Å². The molecule has 2 saturated heterocycles. The van der Waals surface area contributed by atoms with Crippen LogP contribution in [0.5, 0.6) is 11.5 Å². The molecule has 0 spiro atoms. The predicted octanol–water partition coefficient (Wildman–Crippen LogP) is 2.97. The molecule has 2 heterocycles. The predicted molar refractivity (Wildman–Crippen MR) is 122 cm³/mol. The number of nitrogens with zero attached hydrogens (tertiary/aromatic N) is 3. The van der Waals surface area contributed by atoms with Gasteiger partial charge >= 0.3 is 0 Å². The van der Waals surface area contributed by atoms with Crippen LogP contribution in [0, 0.1) is 10.1 Å². The molecule has 2 aromatic carbocycles. The van der Waals surface area contributed by atoms with Crippen LogP contribution in [0.4, 0.5) is 11.4 Å². The minimum atomic E-state index is -3.96. The summed E-state index contributed by atoms with van der Waals surface area (Å²) in [4.78, 5) is 12.8. The summed E-state index contributed by atoms with van der Waals surface area (Å²) in [6, 6.07) is 9.48. The minimum Gasteiger partial charge on any atom is -0.497 e. The monoisotopic (exact) mass is 477 g/mol. The molecule has 10 nitrogen and oxygen atoms in total. The number of nitro benzene ring substituents is 1. The van der Waals surface area contributed by atoms with Crippen LogP contribution in [0.15, 0.2) is 41.3 Å². The molecule has 0 N–H and O–H groups in total. The van der Waals surface area contributed by atoms with Gasteiger partial charge in [-0.15, -0.1) is 0 Å². The van der Waals surface area contributed by atoms with Gasteiger partial charge in [0.15, 0.2) is 0 Å². The summed E-state index contributed by atoms with van der Waals surface area (Å²) in [5, 5.41) is 11.5. The summed E-state index contributed by atoms with van der Waals surface area (Å²) in [7, 11) is -0.802. The Bertz CT molecular complexity index is 1130. The smallest absolute Gasteiger partial charge is 0.270 e. The highest BCUT2D eigenvalue weighted by atomic mass is 32.2. The van der Waals surface area contributed by atoms with E-state index in [-0.39, 0.29) is 29.7 Å². The number of morpholine rings is 1. The fourth-order valence-electron chi connectivity index (χ4n) is 4.46. The topological polar surface area (TPSA) is 111 Å². The van der Waals surface area contributed by atoms with Crippen molar-refractivity contribution in [1.29, 1.82) is 0 Å². The first-order valence-electron chi connectivity index (χ1n) is 10.7. The van der Waals surface area contributed by atoms with Crippen molar-refractivity contribution >= 4 is 21.4 Å². The van der Waals surface area contributed by atoms with Crippen molar-refractivity contribution in [1.82, 2.24) is 4.31 Å². The Morgan fingerprint density at radius 1 is 1.06 bits per heavy atom. The number of sulfonamides is 1. The van der Waals surface area contributed by atoms with Crippen LogP contribution in [0.2, 0.25) is 0 Å². The van der Waals surface area contributed by atoms with E-state index in [0.717, 1.165) is 18.4 Å². The number of rotatable bonds is 7. The number of benzene rings is 2. The van der Waals surface area contributed by atoms with E-state index in [4.69, 9.17) is 14.2 Å². The normalized spacial score (nSPS) is 19.5. The highest BCUT2D eigenvalue weighted by molar-refractivity contribution is 7.89. The molecular formula is C22H27N3O7S. The molecule has 0 aromatic heterocycles. The fourth-order valence-corrected chi connectivity index (χ4v) is 6.09. The SMILES string of the molecule is COc1ccc(C2CCCN2c2ccc([N+](=O)[O-])cc2S(=O)(=O)N2CCOCC2)c(OC)c1. The maximum absolute atomic E-state index is 13.6. The Balaban J connectivity index is 1.80. The largest absolute Gasteiger partial charge is 0.497 e. The zero-order valence-corrected chi connectivity index (χ0v) is 19.4. The molecule has 2 fully saturated rings. The van der Waals surface area contributed by atoms with Gasteiger partial charge in [0.05, 0.1) is 44.1 Å². The lowest BCUT2D eigenvalue weighted by Crippen LogP contribution is -2.41. The number of ether oxygens (including phenoxy) is 3. The third-order valence-corrected chi connectivity index (χ3v) is 8.03. The van der Waals surface area contributed by atoms with Gasteiger partial charge < -0.3 is 19.1 Å². The first kappa shape index (κ1) is 23.3.